The minimum Gasteiger partial charge on any atom is -0.481 e. The molecule has 0 saturated heterocycles. The molecule has 0 bridgehead atoms. The molecule has 0 aromatic heterocycles. The summed E-state index contributed by atoms with van der Waals surface area (Å²) in [4.78, 5) is 10.8. The Hall–Kier alpha value is -1.60. The largest absolute Gasteiger partial charge is 0.481 e. The van der Waals surface area contributed by atoms with E-state index in [2.05, 4.69) is 0 Å². The van der Waals surface area contributed by atoms with Crippen LogP contribution in [0.5, 0.6) is 5.75 Å². The molecule has 0 spiro atoms. The first-order valence-corrected chi connectivity index (χ1v) is 6.36. The van der Waals surface area contributed by atoms with Crippen LogP contribution in [0, 0.1) is 6.92 Å². The van der Waals surface area contributed by atoms with Crippen molar-refractivity contribution >= 4 is 15.9 Å². The minimum absolute atomic E-state index is 0.00548. The van der Waals surface area contributed by atoms with E-state index in [-0.39, 0.29) is 4.90 Å². The van der Waals surface area contributed by atoms with Crippen LogP contribution < -0.4 is 15.6 Å². The molecule has 0 aliphatic rings. The van der Waals surface area contributed by atoms with Gasteiger partial charge in [0.05, 0.1) is 4.90 Å². The van der Waals surface area contributed by atoms with Crippen LogP contribution in [-0.2, 0) is 14.8 Å². The molecule has 17 heavy (non-hydrogen) atoms. The van der Waals surface area contributed by atoms with E-state index in [9.17, 15) is 13.2 Å². The van der Waals surface area contributed by atoms with E-state index in [1.165, 1.54) is 25.1 Å². The maximum atomic E-state index is 11.1. The van der Waals surface area contributed by atoms with E-state index in [4.69, 9.17) is 15.6 Å². The second-order valence-electron chi connectivity index (χ2n) is 3.63. The van der Waals surface area contributed by atoms with Gasteiger partial charge in [0, 0.05) is 0 Å². The van der Waals surface area contributed by atoms with Crippen molar-refractivity contribution in [1.29, 1.82) is 0 Å². The van der Waals surface area contributed by atoms with Crippen LogP contribution in [-0.4, -0.2) is 20.4 Å². The van der Waals surface area contributed by atoms with Gasteiger partial charge in [-0.3, -0.25) is 4.79 Å². The topological polar surface area (TPSA) is 112 Å². The van der Waals surface area contributed by atoms with Crippen molar-refractivity contribution < 1.29 is 17.9 Å². The van der Waals surface area contributed by atoms with Crippen molar-refractivity contribution in [3.05, 3.63) is 23.8 Å². The van der Waals surface area contributed by atoms with Gasteiger partial charge in [-0.15, -0.1) is 0 Å². The smallest absolute Gasteiger partial charge is 0.258 e. The summed E-state index contributed by atoms with van der Waals surface area (Å²) in [6.07, 6.45) is -0.783. The molecule has 1 atom stereocenters. The number of hydrogen-bond acceptors (Lipinski definition) is 4. The van der Waals surface area contributed by atoms with Gasteiger partial charge < -0.3 is 10.5 Å². The molecule has 6 nitrogen and oxygen atoms in total. The number of aryl methyl sites for hydroxylation is 1. The normalized spacial score (nSPS) is 13.1. The van der Waals surface area contributed by atoms with Crippen LogP contribution in [0.25, 0.3) is 0 Å². The second kappa shape index (κ2) is 4.72. The minimum atomic E-state index is -3.73. The highest BCUT2D eigenvalue weighted by molar-refractivity contribution is 7.89. The summed E-state index contributed by atoms with van der Waals surface area (Å²) in [7, 11) is -3.73. The second-order valence-corrected chi connectivity index (χ2v) is 5.20. The zero-order valence-corrected chi connectivity index (χ0v) is 10.3. The van der Waals surface area contributed by atoms with Crippen LogP contribution in [0.2, 0.25) is 0 Å². The molecule has 0 heterocycles. The Kier molecular flexibility index (Phi) is 3.74. The summed E-state index contributed by atoms with van der Waals surface area (Å²) in [5.74, 6) is -0.205. The Morgan fingerprint density at radius 1 is 1.41 bits per heavy atom. The number of nitrogens with two attached hydrogens (primary N) is 2. The third kappa shape index (κ3) is 3.43. The Morgan fingerprint density at radius 2 is 2.00 bits per heavy atom. The van der Waals surface area contributed by atoms with E-state index in [0.717, 1.165) is 0 Å². The molecular formula is C10H14N2O4S. The van der Waals surface area contributed by atoms with Gasteiger partial charge in [0.2, 0.25) is 10.0 Å². The summed E-state index contributed by atoms with van der Waals surface area (Å²) in [6.45, 7) is 3.16. The van der Waals surface area contributed by atoms with Gasteiger partial charge in [0.25, 0.3) is 5.91 Å². The number of rotatable bonds is 4. The number of primary sulfonamides is 1. The van der Waals surface area contributed by atoms with Gasteiger partial charge in [-0.25, -0.2) is 13.6 Å². The van der Waals surface area contributed by atoms with Crippen LogP contribution in [0.4, 0.5) is 0 Å². The molecule has 0 saturated carbocycles. The van der Waals surface area contributed by atoms with E-state index in [1.807, 2.05) is 0 Å². The van der Waals surface area contributed by atoms with Crippen LogP contribution >= 0.6 is 0 Å². The highest BCUT2D eigenvalue weighted by Gasteiger charge is 2.14. The average molecular weight is 258 g/mol. The number of hydrogen-bond donors (Lipinski definition) is 2. The van der Waals surface area contributed by atoms with Crippen LogP contribution in [0.1, 0.15) is 12.5 Å². The molecule has 1 unspecified atom stereocenters. The zero-order valence-electron chi connectivity index (χ0n) is 9.51. The van der Waals surface area contributed by atoms with E-state index in [1.54, 1.807) is 6.92 Å². The van der Waals surface area contributed by atoms with E-state index >= 15 is 0 Å². The monoisotopic (exact) mass is 258 g/mol. The summed E-state index contributed by atoms with van der Waals surface area (Å²) in [6, 6.07) is 4.12. The van der Waals surface area contributed by atoms with Crippen molar-refractivity contribution in [2.24, 2.45) is 10.9 Å². The molecule has 1 aromatic carbocycles. The maximum absolute atomic E-state index is 11.1. The number of benzene rings is 1. The summed E-state index contributed by atoms with van der Waals surface area (Å²) < 4.78 is 27.4. The Bertz CT molecular complexity index is 539. The lowest BCUT2D eigenvalue weighted by atomic mass is 10.2. The molecule has 1 rings (SSSR count). The van der Waals surface area contributed by atoms with Gasteiger partial charge >= 0.3 is 0 Å². The first-order valence-electron chi connectivity index (χ1n) is 4.81. The highest BCUT2D eigenvalue weighted by atomic mass is 32.2. The lowest BCUT2D eigenvalue weighted by Gasteiger charge is -2.13. The Balaban J connectivity index is 3.03. The quantitative estimate of drug-likeness (QED) is 0.784. The van der Waals surface area contributed by atoms with Gasteiger partial charge in [-0.2, -0.15) is 0 Å². The molecule has 0 fully saturated rings. The molecule has 0 aliphatic carbocycles. The Morgan fingerprint density at radius 3 is 2.41 bits per heavy atom. The number of sulfonamides is 1. The van der Waals surface area contributed by atoms with Crippen LogP contribution in [0.15, 0.2) is 23.1 Å². The fourth-order valence-corrected chi connectivity index (χ4v) is 1.78. The Labute approximate surface area is 99.6 Å². The number of ether oxygens (including phenoxy) is 1. The molecule has 94 valence electrons. The molecule has 0 radical (unpaired) electrons. The lowest BCUT2D eigenvalue weighted by Crippen LogP contribution is -2.30. The SMILES string of the molecule is Cc1cc(S(N)(=O)=O)ccc1OC(C)C(N)=O. The van der Waals surface area contributed by atoms with Crippen molar-refractivity contribution in [3.63, 3.8) is 0 Å². The van der Waals surface area contributed by atoms with Gasteiger partial charge in [0.15, 0.2) is 6.10 Å². The van der Waals surface area contributed by atoms with E-state index < -0.39 is 22.0 Å². The number of carbonyl (C=O) groups is 1. The predicted molar refractivity (Wildman–Crippen MR) is 61.8 cm³/mol. The fourth-order valence-electron chi connectivity index (χ4n) is 1.18. The summed E-state index contributed by atoms with van der Waals surface area (Å²) in [5, 5.41) is 4.98. The number of carbonyl (C=O) groups excluding carboxylic acids is 1. The highest BCUT2D eigenvalue weighted by Crippen LogP contribution is 2.22. The standard InChI is InChI=1S/C10H14N2O4S/c1-6-5-8(17(12,14)15)3-4-9(6)16-7(2)10(11)13/h3-5,7H,1-2H3,(H2,11,13)(H2,12,14,15). The molecular weight excluding hydrogens is 244 g/mol. The third-order valence-corrected chi connectivity index (χ3v) is 3.09. The van der Waals surface area contributed by atoms with E-state index in [0.29, 0.717) is 11.3 Å². The fraction of sp³-hybridized carbons (Fsp3) is 0.300. The van der Waals surface area contributed by atoms with Gasteiger partial charge in [-0.1, -0.05) is 0 Å². The molecule has 0 aliphatic heterocycles. The maximum Gasteiger partial charge on any atom is 0.258 e. The first-order chi connectivity index (χ1) is 7.71. The number of amides is 1. The van der Waals surface area contributed by atoms with Crippen LogP contribution in [0.3, 0.4) is 0 Å². The van der Waals surface area contributed by atoms with Crippen molar-refractivity contribution in [1.82, 2.24) is 0 Å². The zero-order chi connectivity index (χ0) is 13.2. The van der Waals surface area contributed by atoms with Gasteiger partial charge in [-0.05, 0) is 37.6 Å². The molecule has 1 amide bonds. The number of primary amides is 1. The molecule has 1 aromatic rings. The average Bonchev–Trinajstić information content (AvgIpc) is 2.19. The van der Waals surface area contributed by atoms with Gasteiger partial charge in [0.1, 0.15) is 5.75 Å². The lowest BCUT2D eigenvalue weighted by molar-refractivity contribution is -0.123. The van der Waals surface area contributed by atoms with Crippen molar-refractivity contribution in [2.75, 3.05) is 0 Å². The molecule has 4 N–H and O–H groups in total. The molecule has 7 heteroatoms. The third-order valence-electron chi connectivity index (χ3n) is 2.18. The first kappa shape index (κ1) is 13.5. The van der Waals surface area contributed by atoms with Crippen molar-refractivity contribution in [2.45, 2.75) is 24.8 Å². The van der Waals surface area contributed by atoms with Crippen molar-refractivity contribution in [3.8, 4) is 5.75 Å². The summed E-state index contributed by atoms with van der Waals surface area (Å²) >= 11 is 0. The summed E-state index contributed by atoms with van der Waals surface area (Å²) in [5.41, 5.74) is 5.61. The predicted octanol–water partition coefficient (Wildman–Crippen LogP) is -0.105.